The number of aromatic nitrogens is 5. The van der Waals surface area contributed by atoms with Crippen LogP contribution in [0.15, 0.2) is 36.9 Å². The molecule has 14 heteroatoms. The van der Waals surface area contributed by atoms with Crippen LogP contribution in [0, 0.1) is 11.6 Å². The van der Waals surface area contributed by atoms with Crippen molar-refractivity contribution >= 4 is 5.91 Å². The van der Waals surface area contributed by atoms with Crippen molar-refractivity contribution in [3.05, 3.63) is 65.5 Å². The van der Waals surface area contributed by atoms with Crippen LogP contribution in [0.2, 0.25) is 0 Å². The van der Waals surface area contributed by atoms with E-state index in [0.717, 1.165) is 9.70 Å². The van der Waals surface area contributed by atoms with Crippen LogP contribution in [0.5, 0.6) is 0 Å². The summed E-state index contributed by atoms with van der Waals surface area (Å²) in [4.78, 5) is 21.8. The van der Waals surface area contributed by atoms with Crippen molar-refractivity contribution in [2.75, 3.05) is 6.54 Å². The highest BCUT2D eigenvalue weighted by molar-refractivity contribution is 5.98. The Balaban J connectivity index is 1.85. The fourth-order valence-corrected chi connectivity index (χ4v) is 3.15. The van der Waals surface area contributed by atoms with Crippen LogP contribution < -0.4 is 0 Å². The van der Waals surface area contributed by atoms with Crippen molar-refractivity contribution in [3.8, 4) is 5.69 Å². The molecule has 7 nitrogen and oxygen atoms in total. The van der Waals surface area contributed by atoms with Gasteiger partial charge in [-0.25, -0.2) is 27.5 Å². The minimum absolute atomic E-state index is 0.00234. The molecular formula is C20H17F7N6O. The number of nitrogens with zero attached hydrogens (tertiary/aromatic N) is 6. The van der Waals surface area contributed by atoms with Gasteiger partial charge in [-0.15, -0.1) is 4.80 Å². The Morgan fingerprint density at radius 1 is 1.09 bits per heavy atom. The first kappa shape index (κ1) is 25.1. The molecule has 0 spiro atoms. The molecule has 0 aliphatic carbocycles. The number of rotatable bonds is 8. The molecule has 182 valence electrons. The van der Waals surface area contributed by atoms with Gasteiger partial charge < -0.3 is 4.90 Å². The van der Waals surface area contributed by atoms with E-state index < -0.39 is 59.5 Å². The molecule has 1 aromatic carbocycles. The number of alkyl halides is 5. The van der Waals surface area contributed by atoms with Gasteiger partial charge in [0.25, 0.3) is 12.3 Å². The number of carbonyl (C=O) groups excluding carboxylic acids is 1. The Hall–Kier alpha value is -3.58. The Kier molecular flexibility index (Phi) is 7.47. The minimum atomic E-state index is -4.62. The summed E-state index contributed by atoms with van der Waals surface area (Å²) in [5.41, 5.74) is -2.15. The van der Waals surface area contributed by atoms with E-state index in [2.05, 4.69) is 20.2 Å². The van der Waals surface area contributed by atoms with Crippen molar-refractivity contribution in [2.24, 2.45) is 0 Å². The molecule has 0 radical (unpaired) electrons. The first-order valence-electron chi connectivity index (χ1n) is 9.80. The molecule has 3 rings (SSSR count). The van der Waals surface area contributed by atoms with E-state index >= 15 is 0 Å². The zero-order valence-electron chi connectivity index (χ0n) is 17.5. The zero-order chi connectivity index (χ0) is 25.0. The molecule has 3 aromatic rings. The molecule has 2 heterocycles. The van der Waals surface area contributed by atoms with E-state index in [0.29, 0.717) is 24.5 Å². The molecule has 0 unspecified atom stereocenters. The maximum absolute atomic E-state index is 14.5. The van der Waals surface area contributed by atoms with Crippen LogP contribution in [0.1, 0.15) is 35.1 Å². The van der Waals surface area contributed by atoms with E-state index in [1.165, 1.54) is 19.3 Å². The molecule has 2 aromatic heterocycles. The van der Waals surface area contributed by atoms with Gasteiger partial charge >= 0.3 is 6.18 Å². The second-order valence-corrected chi connectivity index (χ2v) is 7.22. The van der Waals surface area contributed by atoms with Crippen LogP contribution >= 0.6 is 0 Å². The van der Waals surface area contributed by atoms with Crippen molar-refractivity contribution in [2.45, 2.75) is 38.4 Å². The lowest BCUT2D eigenvalue weighted by molar-refractivity contribution is -0.138. The van der Waals surface area contributed by atoms with Crippen LogP contribution in [-0.2, 0) is 12.6 Å². The summed E-state index contributed by atoms with van der Waals surface area (Å²) in [6, 6.07) is 0.268. The number of hydrogen-bond acceptors (Lipinski definition) is 5. The Bertz CT molecular complexity index is 1120. The number of benzene rings is 1. The van der Waals surface area contributed by atoms with Gasteiger partial charge in [-0.2, -0.15) is 23.4 Å². The van der Waals surface area contributed by atoms with Crippen molar-refractivity contribution < 1.29 is 35.5 Å². The average Bonchev–Trinajstić information content (AvgIpc) is 3.28. The van der Waals surface area contributed by atoms with Crippen molar-refractivity contribution in [1.82, 2.24) is 29.9 Å². The van der Waals surface area contributed by atoms with Gasteiger partial charge in [0.05, 0.1) is 30.1 Å². The average molecular weight is 490 g/mol. The van der Waals surface area contributed by atoms with Crippen molar-refractivity contribution in [1.29, 1.82) is 0 Å². The number of carbonyl (C=O) groups is 1. The Morgan fingerprint density at radius 2 is 1.71 bits per heavy atom. The molecule has 0 N–H and O–H groups in total. The molecule has 0 saturated carbocycles. The highest BCUT2D eigenvalue weighted by atomic mass is 19.4. The fraction of sp³-hybridized carbons (Fsp3) is 0.350. The molecule has 0 fully saturated rings. The second kappa shape index (κ2) is 10.1. The molecule has 34 heavy (non-hydrogen) atoms. The highest BCUT2D eigenvalue weighted by Gasteiger charge is 2.32. The van der Waals surface area contributed by atoms with Gasteiger partial charge in [0, 0.05) is 30.9 Å². The van der Waals surface area contributed by atoms with Gasteiger partial charge in [0.15, 0.2) is 5.82 Å². The third-order valence-corrected chi connectivity index (χ3v) is 4.82. The molecule has 0 bridgehead atoms. The second-order valence-electron chi connectivity index (χ2n) is 7.22. The van der Waals surface area contributed by atoms with E-state index in [1.807, 2.05) is 0 Å². The summed E-state index contributed by atoms with van der Waals surface area (Å²) < 4.78 is 92.9. The lowest BCUT2D eigenvalue weighted by atomic mass is 10.1. The maximum atomic E-state index is 14.5. The first-order chi connectivity index (χ1) is 16.0. The third-order valence-electron chi connectivity index (χ3n) is 4.82. The predicted molar refractivity (Wildman–Crippen MR) is 103 cm³/mol. The monoisotopic (exact) mass is 490 g/mol. The standard InChI is InChI=1S/C20H17F7N6O/c1-11(2-3-17-28-8-12(9-29-17)20(25,26)27)32(10-16(23)24)19(34)14-6-13(21)7-15(22)18(14)33-30-4-5-31-33/h4-9,11,16H,2-3,10H2,1H3/t11-/m0/s1. The molecular weight excluding hydrogens is 473 g/mol. The summed E-state index contributed by atoms with van der Waals surface area (Å²) in [7, 11) is 0. The summed E-state index contributed by atoms with van der Waals surface area (Å²) >= 11 is 0. The zero-order valence-corrected chi connectivity index (χ0v) is 17.5. The van der Waals surface area contributed by atoms with Gasteiger partial charge in [-0.1, -0.05) is 0 Å². The SMILES string of the molecule is C[C@@H](CCc1ncc(C(F)(F)F)cn1)N(CC(F)F)C(=O)c1cc(F)cc(F)c1-n1nccn1. The van der Waals surface area contributed by atoms with Crippen LogP contribution in [0.3, 0.4) is 0 Å². The fourth-order valence-electron chi connectivity index (χ4n) is 3.15. The molecule has 1 atom stereocenters. The largest absolute Gasteiger partial charge is 0.419 e. The van der Waals surface area contributed by atoms with E-state index in [-0.39, 0.29) is 18.7 Å². The van der Waals surface area contributed by atoms with Crippen LogP contribution in [-0.4, -0.2) is 54.8 Å². The molecule has 1 amide bonds. The molecule has 0 saturated heterocycles. The predicted octanol–water partition coefficient (Wildman–Crippen LogP) is 4.08. The number of aryl methyl sites for hydroxylation is 1. The summed E-state index contributed by atoms with van der Waals surface area (Å²) in [6.07, 6.45) is -4.11. The van der Waals surface area contributed by atoms with E-state index in [1.54, 1.807) is 0 Å². The van der Waals surface area contributed by atoms with Gasteiger partial charge in [0.2, 0.25) is 0 Å². The van der Waals surface area contributed by atoms with Gasteiger partial charge in [-0.05, 0) is 19.4 Å². The summed E-state index contributed by atoms with van der Waals surface area (Å²) in [5.74, 6) is -3.39. The van der Waals surface area contributed by atoms with E-state index in [4.69, 9.17) is 0 Å². The number of halogens is 7. The first-order valence-corrected chi connectivity index (χ1v) is 9.80. The summed E-state index contributed by atoms with van der Waals surface area (Å²) in [6.45, 7) is 0.351. The minimum Gasteiger partial charge on any atom is -0.330 e. The number of hydrogen-bond donors (Lipinski definition) is 0. The summed E-state index contributed by atoms with van der Waals surface area (Å²) in [5, 5.41) is 7.43. The van der Waals surface area contributed by atoms with E-state index in [9.17, 15) is 35.5 Å². The van der Waals surface area contributed by atoms with Gasteiger partial charge in [0.1, 0.15) is 17.3 Å². The maximum Gasteiger partial charge on any atom is 0.419 e. The lowest BCUT2D eigenvalue weighted by Crippen LogP contribution is -2.42. The van der Waals surface area contributed by atoms with Crippen LogP contribution in [0.4, 0.5) is 30.7 Å². The molecule has 0 aliphatic rings. The van der Waals surface area contributed by atoms with Crippen molar-refractivity contribution in [3.63, 3.8) is 0 Å². The number of amides is 1. The lowest BCUT2D eigenvalue weighted by Gasteiger charge is -2.29. The van der Waals surface area contributed by atoms with Gasteiger partial charge in [-0.3, -0.25) is 4.79 Å². The quantitative estimate of drug-likeness (QED) is 0.445. The molecule has 0 aliphatic heterocycles. The third kappa shape index (κ3) is 5.85. The highest BCUT2D eigenvalue weighted by Crippen LogP contribution is 2.28. The topological polar surface area (TPSA) is 76.8 Å². The Labute approximate surface area is 188 Å². The van der Waals surface area contributed by atoms with Crippen LogP contribution in [0.25, 0.3) is 5.69 Å². The normalized spacial score (nSPS) is 12.7. The smallest absolute Gasteiger partial charge is 0.330 e. The Morgan fingerprint density at radius 3 is 2.26 bits per heavy atom.